The summed E-state index contributed by atoms with van der Waals surface area (Å²) in [6.07, 6.45) is 0. The molecule has 0 spiro atoms. The molecule has 1 heterocycles. The average molecular weight is 235 g/mol. The van der Waals surface area contributed by atoms with Crippen LogP contribution in [-0.4, -0.2) is 14.9 Å². The molecule has 1 aromatic carbocycles. The molecule has 16 heavy (non-hydrogen) atoms. The molecular formula is C10H9N3O2S. The number of hydrogen-bond acceptors (Lipinski definition) is 3. The predicted molar refractivity (Wildman–Crippen MR) is 65.6 cm³/mol. The van der Waals surface area contributed by atoms with Crippen LogP contribution in [0.2, 0.25) is 0 Å². The molecular weight excluding hydrogens is 226 g/mol. The number of non-ortho nitro benzene ring substituents is 1. The summed E-state index contributed by atoms with van der Waals surface area (Å²) in [6, 6.07) is 5.08. The van der Waals surface area contributed by atoms with E-state index in [9.17, 15) is 10.1 Å². The van der Waals surface area contributed by atoms with Crippen molar-refractivity contribution in [1.82, 2.24) is 4.98 Å². The number of nitrogens with one attached hydrogen (secondary N) is 1. The number of hydrogen-bond donors (Lipinski definition) is 2. The Morgan fingerprint density at radius 1 is 1.50 bits per heavy atom. The lowest BCUT2D eigenvalue weighted by Gasteiger charge is -1.96. The molecule has 0 saturated heterocycles. The highest BCUT2D eigenvalue weighted by atomic mass is 32.1. The van der Waals surface area contributed by atoms with Crippen molar-refractivity contribution in [2.45, 2.75) is 6.92 Å². The number of aromatic amines is 1. The number of H-pyrrole nitrogens is 1. The summed E-state index contributed by atoms with van der Waals surface area (Å²) in [5, 5.41) is 11.6. The van der Waals surface area contributed by atoms with E-state index in [2.05, 4.69) is 4.98 Å². The van der Waals surface area contributed by atoms with Gasteiger partial charge in [0.15, 0.2) is 0 Å². The van der Waals surface area contributed by atoms with Crippen LogP contribution in [0.15, 0.2) is 18.2 Å². The van der Waals surface area contributed by atoms with Gasteiger partial charge in [0.25, 0.3) is 5.69 Å². The van der Waals surface area contributed by atoms with E-state index < -0.39 is 4.92 Å². The van der Waals surface area contributed by atoms with Crippen molar-refractivity contribution in [3.05, 3.63) is 39.6 Å². The first-order valence-corrected chi connectivity index (χ1v) is 4.97. The lowest BCUT2D eigenvalue weighted by molar-refractivity contribution is -0.383. The molecule has 3 N–H and O–H groups in total. The number of nitrogens with zero attached hydrogens (tertiary/aromatic N) is 1. The summed E-state index contributed by atoms with van der Waals surface area (Å²) in [4.78, 5) is 13.5. The van der Waals surface area contributed by atoms with Crippen LogP contribution < -0.4 is 5.73 Å². The highest BCUT2D eigenvalue weighted by Gasteiger charge is 2.15. The van der Waals surface area contributed by atoms with Gasteiger partial charge in [0.05, 0.1) is 10.6 Å². The van der Waals surface area contributed by atoms with Crippen LogP contribution in [0, 0.1) is 17.0 Å². The van der Waals surface area contributed by atoms with Gasteiger partial charge >= 0.3 is 0 Å². The van der Waals surface area contributed by atoms with Crippen LogP contribution in [0.4, 0.5) is 5.69 Å². The van der Waals surface area contributed by atoms with Crippen LogP contribution in [0.3, 0.4) is 0 Å². The zero-order valence-corrected chi connectivity index (χ0v) is 9.30. The third-order valence-corrected chi connectivity index (χ3v) is 2.53. The smallest absolute Gasteiger partial charge is 0.293 e. The highest BCUT2D eigenvalue weighted by molar-refractivity contribution is 7.80. The molecule has 0 aliphatic rings. The lowest BCUT2D eigenvalue weighted by Crippen LogP contribution is -2.09. The van der Waals surface area contributed by atoms with E-state index in [1.54, 1.807) is 13.0 Å². The molecule has 2 aromatic rings. The molecule has 1 aromatic heterocycles. The number of benzene rings is 1. The van der Waals surface area contributed by atoms with E-state index in [4.69, 9.17) is 18.0 Å². The molecule has 2 rings (SSSR count). The minimum Gasteiger partial charge on any atom is -0.388 e. The number of thiocarbonyl (C=S) groups is 1. The third kappa shape index (κ3) is 1.63. The van der Waals surface area contributed by atoms with E-state index in [1.165, 1.54) is 6.07 Å². The normalized spacial score (nSPS) is 10.6. The van der Waals surface area contributed by atoms with Crippen molar-refractivity contribution in [2.75, 3.05) is 0 Å². The summed E-state index contributed by atoms with van der Waals surface area (Å²) in [6.45, 7) is 1.81. The minimum absolute atomic E-state index is 0.0394. The maximum absolute atomic E-state index is 10.9. The Balaban J connectivity index is 2.80. The predicted octanol–water partition coefficient (Wildman–Crippen LogP) is 2.02. The molecule has 0 unspecified atom stereocenters. The first-order chi connectivity index (χ1) is 7.49. The molecule has 5 nitrogen and oxygen atoms in total. The fraction of sp³-hybridized carbons (Fsp3) is 0.100. The van der Waals surface area contributed by atoms with Crippen molar-refractivity contribution < 1.29 is 4.92 Å². The Morgan fingerprint density at radius 2 is 2.19 bits per heavy atom. The molecule has 6 heteroatoms. The van der Waals surface area contributed by atoms with Gasteiger partial charge in [-0.15, -0.1) is 0 Å². The van der Waals surface area contributed by atoms with E-state index in [0.29, 0.717) is 11.2 Å². The largest absolute Gasteiger partial charge is 0.388 e. The zero-order valence-electron chi connectivity index (χ0n) is 8.48. The maximum atomic E-state index is 10.9. The van der Waals surface area contributed by atoms with Crippen LogP contribution >= 0.6 is 12.2 Å². The van der Waals surface area contributed by atoms with Gasteiger partial charge in [0, 0.05) is 11.5 Å². The van der Waals surface area contributed by atoms with Gasteiger partial charge < -0.3 is 10.7 Å². The Kier molecular flexibility index (Phi) is 2.35. The molecule has 0 bridgehead atoms. The van der Waals surface area contributed by atoms with Crippen LogP contribution in [0.5, 0.6) is 0 Å². The maximum Gasteiger partial charge on any atom is 0.293 e. The van der Waals surface area contributed by atoms with Gasteiger partial charge in [-0.25, -0.2) is 0 Å². The van der Waals surface area contributed by atoms with Gasteiger partial charge in [-0.2, -0.15) is 0 Å². The van der Waals surface area contributed by atoms with Crippen LogP contribution in [-0.2, 0) is 0 Å². The van der Waals surface area contributed by atoms with E-state index in [0.717, 1.165) is 10.9 Å². The standard InChI is InChI=1S/C10H9N3O2S/c1-5-2-6-4-7(10(11)16)12-9(6)8(3-5)13(14)15/h2-4,12H,1H3,(H2,11,16). The monoisotopic (exact) mass is 235 g/mol. The van der Waals surface area contributed by atoms with Gasteiger partial charge in [-0.3, -0.25) is 10.1 Å². The van der Waals surface area contributed by atoms with Crippen LogP contribution in [0.25, 0.3) is 10.9 Å². The van der Waals surface area contributed by atoms with Crippen molar-refractivity contribution in [3.63, 3.8) is 0 Å². The number of aryl methyl sites for hydroxylation is 1. The molecule has 0 aliphatic heterocycles. The molecule has 0 radical (unpaired) electrons. The Morgan fingerprint density at radius 3 is 2.75 bits per heavy atom. The SMILES string of the molecule is Cc1cc([N+](=O)[O-])c2[nH]c(C(N)=S)cc2c1. The Hall–Kier alpha value is -1.95. The number of nitro benzene ring substituents is 1. The van der Waals surface area contributed by atoms with Crippen molar-refractivity contribution in [1.29, 1.82) is 0 Å². The second kappa shape index (κ2) is 3.57. The number of nitro groups is 1. The molecule has 0 fully saturated rings. The van der Waals surface area contributed by atoms with E-state index in [-0.39, 0.29) is 10.7 Å². The van der Waals surface area contributed by atoms with Crippen molar-refractivity contribution in [2.24, 2.45) is 5.73 Å². The number of nitrogens with two attached hydrogens (primary N) is 1. The average Bonchev–Trinajstić information content (AvgIpc) is 2.59. The zero-order chi connectivity index (χ0) is 11.9. The second-order valence-corrected chi connectivity index (χ2v) is 3.99. The van der Waals surface area contributed by atoms with E-state index >= 15 is 0 Å². The minimum atomic E-state index is -0.421. The number of fused-ring (bicyclic) bond motifs is 1. The van der Waals surface area contributed by atoms with Gasteiger partial charge in [-0.1, -0.05) is 12.2 Å². The quantitative estimate of drug-likeness (QED) is 0.473. The van der Waals surface area contributed by atoms with Crippen LogP contribution in [0.1, 0.15) is 11.3 Å². The Bertz CT molecular complexity index is 603. The van der Waals surface area contributed by atoms with Crippen molar-refractivity contribution >= 4 is 33.8 Å². The summed E-state index contributed by atoms with van der Waals surface area (Å²) in [7, 11) is 0. The topological polar surface area (TPSA) is 85.0 Å². The van der Waals surface area contributed by atoms with Gasteiger partial charge in [0.2, 0.25) is 0 Å². The summed E-state index contributed by atoms with van der Waals surface area (Å²) in [5.74, 6) is 0. The fourth-order valence-corrected chi connectivity index (χ4v) is 1.76. The molecule has 0 atom stereocenters. The molecule has 0 saturated carbocycles. The van der Waals surface area contributed by atoms with E-state index in [1.807, 2.05) is 6.07 Å². The summed E-state index contributed by atoms with van der Waals surface area (Å²) < 4.78 is 0. The summed E-state index contributed by atoms with van der Waals surface area (Å²) in [5.41, 5.74) is 7.34. The lowest BCUT2D eigenvalue weighted by atomic mass is 10.1. The third-order valence-electron chi connectivity index (χ3n) is 2.31. The fourth-order valence-electron chi connectivity index (χ4n) is 1.65. The molecule has 0 amide bonds. The number of aromatic nitrogens is 1. The first kappa shape index (κ1) is 10.6. The Labute approximate surface area is 96.4 Å². The molecule has 0 aliphatic carbocycles. The summed E-state index contributed by atoms with van der Waals surface area (Å²) >= 11 is 4.82. The second-order valence-electron chi connectivity index (χ2n) is 3.55. The highest BCUT2D eigenvalue weighted by Crippen LogP contribution is 2.27. The van der Waals surface area contributed by atoms with Gasteiger partial charge in [0.1, 0.15) is 10.5 Å². The van der Waals surface area contributed by atoms with Gasteiger partial charge in [-0.05, 0) is 24.6 Å². The van der Waals surface area contributed by atoms with Crippen molar-refractivity contribution in [3.8, 4) is 0 Å². The molecule has 82 valence electrons. The first-order valence-electron chi connectivity index (χ1n) is 4.56. The number of rotatable bonds is 2.